The van der Waals surface area contributed by atoms with Crippen molar-refractivity contribution in [1.29, 1.82) is 0 Å². The Bertz CT molecular complexity index is 267. The van der Waals surface area contributed by atoms with Gasteiger partial charge in [0.1, 0.15) is 0 Å². The first kappa shape index (κ1) is 11.2. The molecular weight excluding hydrogens is 176 g/mol. The van der Waals surface area contributed by atoms with Crippen molar-refractivity contribution in [3.8, 4) is 0 Å². The maximum atomic E-state index is 6.07. The van der Waals surface area contributed by atoms with Crippen molar-refractivity contribution in [2.24, 2.45) is 11.7 Å². The summed E-state index contributed by atoms with van der Waals surface area (Å²) in [5.41, 5.74) is 7.13. The van der Waals surface area contributed by atoms with Crippen LogP contribution in [-0.4, -0.2) is 15.0 Å². The van der Waals surface area contributed by atoms with E-state index in [1.54, 1.807) is 6.20 Å². The van der Waals surface area contributed by atoms with Gasteiger partial charge in [-0.3, -0.25) is 0 Å². The SMILES string of the molecule is CCCn1nncc1C(N)CC(C)C. The highest BCUT2D eigenvalue weighted by Crippen LogP contribution is 2.17. The molecule has 14 heavy (non-hydrogen) atoms. The van der Waals surface area contributed by atoms with Crippen LogP contribution in [0.15, 0.2) is 6.20 Å². The van der Waals surface area contributed by atoms with Gasteiger partial charge in [0.2, 0.25) is 0 Å². The molecule has 0 amide bonds. The van der Waals surface area contributed by atoms with Crippen molar-refractivity contribution in [3.05, 3.63) is 11.9 Å². The molecule has 4 heteroatoms. The molecule has 1 heterocycles. The van der Waals surface area contributed by atoms with Crippen LogP contribution in [-0.2, 0) is 6.54 Å². The Hall–Kier alpha value is -0.900. The zero-order valence-corrected chi connectivity index (χ0v) is 9.27. The highest BCUT2D eigenvalue weighted by molar-refractivity contribution is 5.01. The van der Waals surface area contributed by atoms with E-state index >= 15 is 0 Å². The molecule has 0 aliphatic heterocycles. The van der Waals surface area contributed by atoms with Crippen LogP contribution in [0, 0.1) is 5.92 Å². The minimum atomic E-state index is 0.0662. The third kappa shape index (κ3) is 2.80. The summed E-state index contributed by atoms with van der Waals surface area (Å²) >= 11 is 0. The van der Waals surface area contributed by atoms with Crippen molar-refractivity contribution >= 4 is 0 Å². The van der Waals surface area contributed by atoms with Gasteiger partial charge in [-0.25, -0.2) is 4.68 Å². The van der Waals surface area contributed by atoms with Gasteiger partial charge in [0.25, 0.3) is 0 Å². The topological polar surface area (TPSA) is 56.7 Å². The lowest BCUT2D eigenvalue weighted by Crippen LogP contribution is -2.18. The Morgan fingerprint density at radius 2 is 2.21 bits per heavy atom. The van der Waals surface area contributed by atoms with Gasteiger partial charge in [0, 0.05) is 12.6 Å². The smallest absolute Gasteiger partial charge is 0.0754 e. The fourth-order valence-electron chi connectivity index (χ4n) is 1.57. The minimum absolute atomic E-state index is 0.0662. The Kier molecular flexibility index (Phi) is 4.07. The molecule has 0 aliphatic rings. The van der Waals surface area contributed by atoms with Gasteiger partial charge in [-0.15, -0.1) is 5.10 Å². The predicted octanol–water partition coefficient (Wildman–Crippen LogP) is 1.73. The molecule has 0 saturated heterocycles. The van der Waals surface area contributed by atoms with E-state index < -0.39 is 0 Å². The molecule has 0 spiro atoms. The van der Waals surface area contributed by atoms with Crippen LogP contribution in [0.4, 0.5) is 0 Å². The number of nitrogens with zero attached hydrogens (tertiary/aromatic N) is 3. The number of hydrogen-bond donors (Lipinski definition) is 1. The second kappa shape index (κ2) is 5.10. The van der Waals surface area contributed by atoms with E-state index in [0.717, 1.165) is 25.1 Å². The lowest BCUT2D eigenvalue weighted by molar-refractivity contribution is 0.464. The summed E-state index contributed by atoms with van der Waals surface area (Å²) in [6.07, 6.45) is 3.82. The first-order valence-corrected chi connectivity index (χ1v) is 5.29. The molecule has 1 aromatic heterocycles. The summed E-state index contributed by atoms with van der Waals surface area (Å²) in [7, 11) is 0. The molecule has 0 fully saturated rings. The molecule has 4 nitrogen and oxygen atoms in total. The van der Waals surface area contributed by atoms with Gasteiger partial charge in [0.15, 0.2) is 0 Å². The van der Waals surface area contributed by atoms with Crippen LogP contribution < -0.4 is 5.73 Å². The first-order chi connectivity index (χ1) is 6.65. The lowest BCUT2D eigenvalue weighted by Gasteiger charge is -2.14. The molecule has 80 valence electrons. The van der Waals surface area contributed by atoms with Crippen LogP contribution in [0.3, 0.4) is 0 Å². The average Bonchev–Trinajstić information content (AvgIpc) is 2.51. The van der Waals surface area contributed by atoms with Crippen molar-refractivity contribution in [2.45, 2.75) is 46.2 Å². The van der Waals surface area contributed by atoms with E-state index in [2.05, 4.69) is 31.1 Å². The van der Waals surface area contributed by atoms with Gasteiger partial charge in [-0.2, -0.15) is 0 Å². The molecule has 0 aromatic carbocycles. The summed E-state index contributed by atoms with van der Waals surface area (Å²) in [6.45, 7) is 7.38. The van der Waals surface area contributed by atoms with Crippen molar-refractivity contribution in [2.75, 3.05) is 0 Å². The fraction of sp³-hybridized carbons (Fsp3) is 0.800. The summed E-state index contributed by atoms with van der Waals surface area (Å²) in [5.74, 6) is 0.606. The van der Waals surface area contributed by atoms with E-state index in [-0.39, 0.29) is 6.04 Å². The van der Waals surface area contributed by atoms with Gasteiger partial charge in [-0.1, -0.05) is 26.0 Å². The number of aryl methyl sites for hydroxylation is 1. The van der Waals surface area contributed by atoms with E-state index in [1.807, 2.05) is 4.68 Å². The van der Waals surface area contributed by atoms with Crippen LogP contribution in [0.1, 0.15) is 45.3 Å². The Morgan fingerprint density at radius 3 is 2.79 bits per heavy atom. The van der Waals surface area contributed by atoms with Crippen molar-refractivity contribution < 1.29 is 0 Å². The summed E-state index contributed by atoms with van der Waals surface area (Å²) < 4.78 is 1.91. The lowest BCUT2D eigenvalue weighted by atomic mass is 10.0. The summed E-state index contributed by atoms with van der Waals surface area (Å²) in [6, 6.07) is 0.0662. The molecular formula is C10H20N4. The van der Waals surface area contributed by atoms with Crippen LogP contribution >= 0.6 is 0 Å². The zero-order chi connectivity index (χ0) is 10.6. The van der Waals surface area contributed by atoms with E-state index in [9.17, 15) is 0 Å². The highest BCUT2D eigenvalue weighted by Gasteiger charge is 2.13. The molecule has 0 bridgehead atoms. The third-order valence-electron chi connectivity index (χ3n) is 2.19. The van der Waals surface area contributed by atoms with E-state index in [1.165, 1.54) is 0 Å². The maximum Gasteiger partial charge on any atom is 0.0754 e. The molecule has 0 saturated carbocycles. The molecule has 2 N–H and O–H groups in total. The number of rotatable bonds is 5. The van der Waals surface area contributed by atoms with Gasteiger partial charge in [0.05, 0.1) is 11.9 Å². The summed E-state index contributed by atoms with van der Waals surface area (Å²) in [4.78, 5) is 0. The number of hydrogen-bond acceptors (Lipinski definition) is 3. The second-order valence-corrected chi connectivity index (χ2v) is 4.12. The van der Waals surface area contributed by atoms with Gasteiger partial charge in [-0.05, 0) is 18.8 Å². The van der Waals surface area contributed by atoms with Crippen LogP contribution in [0.25, 0.3) is 0 Å². The normalized spacial score (nSPS) is 13.5. The Labute approximate surface area is 85.5 Å². The second-order valence-electron chi connectivity index (χ2n) is 4.12. The quantitative estimate of drug-likeness (QED) is 0.780. The monoisotopic (exact) mass is 196 g/mol. The van der Waals surface area contributed by atoms with Crippen LogP contribution in [0.2, 0.25) is 0 Å². The molecule has 1 atom stereocenters. The predicted molar refractivity (Wildman–Crippen MR) is 56.7 cm³/mol. The summed E-state index contributed by atoms with van der Waals surface area (Å²) in [5, 5.41) is 7.92. The molecule has 0 radical (unpaired) electrons. The largest absolute Gasteiger partial charge is 0.323 e. The molecule has 1 rings (SSSR count). The minimum Gasteiger partial charge on any atom is -0.323 e. The number of aromatic nitrogens is 3. The molecule has 1 aromatic rings. The van der Waals surface area contributed by atoms with Gasteiger partial charge < -0.3 is 5.73 Å². The average molecular weight is 196 g/mol. The molecule has 0 aliphatic carbocycles. The Balaban J connectivity index is 2.68. The Morgan fingerprint density at radius 1 is 1.50 bits per heavy atom. The highest BCUT2D eigenvalue weighted by atomic mass is 15.4. The van der Waals surface area contributed by atoms with Crippen molar-refractivity contribution in [3.63, 3.8) is 0 Å². The maximum absolute atomic E-state index is 6.07. The molecule has 1 unspecified atom stereocenters. The van der Waals surface area contributed by atoms with E-state index in [4.69, 9.17) is 5.73 Å². The van der Waals surface area contributed by atoms with Gasteiger partial charge >= 0.3 is 0 Å². The van der Waals surface area contributed by atoms with E-state index in [0.29, 0.717) is 5.92 Å². The first-order valence-electron chi connectivity index (χ1n) is 5.29. The third-order valence-corrected chi connectivity index (χ3v) is 2.19. The standard InChI is InChI=1S/C10H20N4/c1-4-5-14-10(7-12-13-14)9(11)6-8(2)3/h7-9H,4-6,11H2,1-3H3. The van der Waals surface area contributed by atoms with Crippen molar-refractivity contribution in [1.82, 2.24) is 15.0 Å². The zero-order valence-electron chi connectivity index (χ0n) is 9.27. The number of nitrogens with two attached hydrogens (primary N) is 1. The van der Waals surface area contributed by atoms with Crippen LogP contribution in [0.5, 0.6) is 0 Å². The fourth-order valence-corrected chi connectivity index (χ4v) is 1.57.